The fraction of sp³-hybridized carbons (Fsp3) is 0.556. The van der Waals surface area contributed by atoms with E-state index in [0.717, 1.165) is 6.42 Å². The van der Waals surface area contributed by atoms with Gasteiger partial charge in [0.05, 0.1) is 6.04 Å². The predicted octanol–water partition coefficient (Wildman–Crippen LogP) is 2.61. The van der Waals surface area contributed by atoms with E-state index in [0.29, 0.717) is 18.7 Å². The third-order valence-electron chi connectivity index (χ3n) is 4.61. The van der Waals surface area contributed by atoms with Gasteiger partial charge < -0.3 is 10.2 Å². The molecule has 2 atom stereocenters. The second-order valence-corrected chi connectivity index (χ2v) is 8.74. The lowest BCUT2D eigenvalue weighted by Crippen LogP contribution is -2.42. The van der Waals surface area contributed by atoms with Crippen LogP contribution in [0.1, 0.15) is 37.7 Å². The topological polar surface area (TPSA) is 79.6 Å². The molecule has 1 fully saturated rings. The molecule has 2 amide bonds. The summed E-state index contributed by atoms with van der Waals surface area (Å²) in [5.41, 5.74) is 0.687. The van der Waals surface area contributed by atoms with Crippen LogP contribution in [0.3, 0.4) is 0 Å². The number of carbonyl (C=O) groups is 2. The smallest absolute Gasteiger partial charge is 0.276 e. The van der Waals surface area contributed by atoms with E-state index in [-0.39, 0.29) is 45.8 Å². The van der Waals surface area contributed by atoms with Gasteiger partial charge in [-0.3, -0.25) is 9.59 Å². The monoisotopic (exact) mass is 411 g/mol. The van der Waals surface area contributed by atoms with Gasteiger partial charge in [0.2, 0.25) is 5.91 Å². The Morgan fingerprint density at radius 1 is 1.33 bits per heavy atom. The Labute approximate surface area is 168 Å². The minimum Gasteiger partial charge on any atom is -0.350 e. The number of halogens is 2. The van der Waals surface area contributed by atoms with Crippen LogP contribution in [0.4, 0.5) is 0 Å². The third kappa shape index (κ3) is 4.35. The largest absolute Gasteiger partial charge is 0.350 e. The Bertz CT molecular complexity index is 861. The van der Waals surface area contributed by atoms with Crippen LogP contribution in [0.15, 0.2) is 18.5 Å². The maximum Gasteiger partial charge on any atom is 0.276 e. The number of alkyl halides is 1. The number of carbonyl (C=O) groups excluding carboxylic acids is 2. The molecule has 0 radical (unpaired) electrons. The van der Waals surface area contributed by atoms with Crippen LogP contribution in [0.5, 0.6) is 0 Å². The van der Waals surface area contributed by atoms with Crippen LogP contribution in [0, 0.1) is 11.3 Å². The molecule has 1 saturated heterocycles. The molecule has 3 rings (SSSR count). The maximum absolute atomic E-state index is 13.0. The Hall–Kier alpha value is -1.86. The van der Waals surface area contributed by atoms with Gasteiger partial charge in [-0.1, -0.05) is 32.4 Å². The van der Waals surface area contributed by atoms with E-state index in [9.17, 15) is 9.59 Å². The van der Waals surface area contributed by atoms with Crippen molar-refractivity contribution in [1.29, 1.82) is 0 Å². The quantitative estimate of drug-likeness (QED) is 0.783. The summed E-state index contributed by atoms with van der Waals surface area (Å²) in [7, 11) is 0. The fourth-order valence-corrected chi connectivity index (χ4v) is 3.92. The van der Waals surface area contributed by atoms with Gasteiger partial charge in [0.25, 0.3) is 5.91 Å². The standard InChI is InChI=1S/C18H23Cl2N5O2/c1-18(2,3)7-11-9-24(10-12(11)22-13(26)8-19)17(27)15-14(20)16-21-5-4-6-25(16)23-15/h4-6,11-12H,7-10H2,1-3H3,(H,22,26)/t11-,12-/m1/s1. The number of hydrogen-bond donors (Lipinski definition) is 1. The van der Waals surface area contributed by atoms with Crippen molar-refractivity contribution >= 4 is 40.7 Å². The highest BCUT2D eigenvalue weighted by molar-refractivity contribution is 6.36. The lowest BCUT2D eigenvalue weighted by Gasteiger charge is -2.26. The van der Waals surface area contributed by atoms with Crippen molar-refractivity contribution in [3.63, 3.8) is 0 Å². The molecule has 1 aliphatic rings. The molecular formula is C18H23Cl2N5O2. The van der Waals surface area contributed by atoms with Crippen LogP contribution in [-0.2, 0) is 4.79 Å². The van der Waals surface area contributed by atoms with Gasteiger partial charge in [-0.05, 0) is 23.8 Å². The highest BCUT2D eigenvalue weighted by Crippen LogP contribution is 2.32. The van der Waals surface area contributed by atoms with Crippen LogP contribution in [0.2, 0.25) is 5.02 Å². The molecule has 0 aliphatic carbocycles. The van der Waals surface area contributed by atoms with Gasteiger partial charge in [-0.15, -0.1) is 11.6 Å². The number of amides is 2. The van der Waals surface area contributed by atoms with Gasteiger partial charge in [0.15, 0.2) is 11.3 Å². The van der Waals surface area contributed by atoms with Crippen molar-refractivity contribution in [2.24, 2.45) is 11.3 Å². The Morgan fingerprint density at radius 3 is 2.70 bits per heavy atom. The lowest BCUT2D eigenvalue weighted by atomic mass is 9.82. The van der Waals surface area contributed by atoms with E-state index >= 15 is 0 Å². The molecule has 2 aromatic heterocycles. The molecule has 1 N–H and O–H groups in total. The Balaban J connectivity index is 1.83. The molecule has 0 saturated carbocycles. The van der Waals surface area contributed by atoms with Crippen LogP contribution >= 0.6 is 23.2 Å². The van der Waals surface area contributed by atoms with E-state index < -0.39 is 0 Å². The molecule has 7 nitrogen and oxygen atoms in total. The fourth-order valence-electron chi connectivity index (χ4n) is 3.58. The molecule has 0 aromatic carbocycles. The molecule has 27 heavy (non-hydrogen) atoms. The molecule has 146 valence electrons. The minimum atomic E-state index is -0.257. The number of fused-ring (bicyclic) bond motifs is 1. The van der Waals surface area contributed by atoms with Crippen molar-refractivity contribution in [3.05, 3.63) is 29.2 Å². The second-order valence-electron chi connectivity index (χ2n) is 8.09. The SMILES string of the molecule is CC(C)(C)C[C@@H]1CN(C(=O)c2nn3cccnc3c2Cl)C[C@H]1NC(=O)CCl. The van der Waals surface area contributed by atoms with Gasteiger partial charge >= 0.3 is 0 Å². The Kier molecular flexibility index (Phi) is 5.63. The number of aromatic nitrogens is 3. The van der Waals surface area contributed by atoms with Crippen LogP contribution < -0.4 is 5.32 Å². The molecule has 1 aliphatic heterocycles. The van der Waals surface area contributed by atoms with Gasteiger partial charge in [0, 0.05) is 25.5 Å². The maximum atomic E-state index is 13.0. The zero-order valence-corrected chi connectivity index (χ0v) is 17.1. The van der Waals surface area contributed by atoms with Crippen LogP contribution in [-0.4, -0.2) is 56.3 Å². The summed E-state index contributed by atoms with van der Waals surface area (Å²) >= 11 is 12.0. The number of likely N-dealkylation sites (tertiary alicyclic amines) is 1. The summed E-state index contributed by atoms with van der Waals surface area (Å²) < 4.78 is 1.49. The summed E-state index contributed by atoms with van der Waals surface area (Å²) in [5, 5.41) is 7.46. The number of hydrogen-bond acceptors (Lipinski definition) is 4. The Morgan fingerprint density at radius 2 is 2.07 bits per heavy atom. The first-order chi connectivity index (χ1) is 12.7. The highest BCUT2D eigenvalue weighted by atomic mass is 35.5. The van der Waals surface area contributed by atoms with Crippen molar-refractivity contribution in [3.8, 4) is 0 Å². The summed E-state index contributed by atoms with van der Waals surface area (Å²) in [5.74, 6) is -0.455. The molecule has 0 spiro atoms. The minimum absolute atomic E-state index is 0.0678. The molecule has 3 heterocycles. The number of nitrogens with zero attached hydrogens (tertiary/aromatic N) is 4. The van der Waals surface area contributed by atoms with Crippen LogP contribution in [0.25, 0.3) is 5.65 Å². The van der Waals surface area contributed by atoms with Crippen molar-refractivity contribution in [2.75, 3.05) is 19.0 Å². The second kappa shape index (κ2) is 7.64. The summed E-state index contributed by atoms with van der Waals surface area (Å²) in [6.07, 6.45) is 4.16. The first-order valence-electron chi connectivity index (χ1n) is 8.83. The molecule has 0 bridgehead atoms. The third-order valence-corrected chi connectivity index (χ3v) is 5.20. The van der Waals surface area contributed by atoms with Gasteiger partial charge in [-0.2, -0.15) is 5.10 Å². The summed E-state index contributed by atoms with van der Waals surface area (Å²) in [6, 6.07) is 1.57. The molecule has 9 heteroatoms. The predicted molar refractivity (Wildman–Crippen MR) is 104 cm³/mol. The highest BCUT2D eigenvalue weighted by Gasteiger charge is 2.39. The summed E-state index contributed by atoms with van der Waals surface area (Å²) in [4.78, 5) is 30.7. The summed E-state index contributed by atoms with van der Waals surface area (Å²) in [6.45, 7) is 7.36. The zero-order valence-electron chi connectivity index (χ0n) is 15.6. The van der Waals surface area contributed by atoms with Crippen molar-refractivity contribution < 1.29 is 9.59 Å². The van der Waals surface area contributed by atoms with E-state index in [1.54, 1.807) is 23.4 Å². The first-order valence-corrected chi connectivity index (χ1v) is 9.74. The molecular weight excluding hydrogens is 389 g/mol. The van der Waals surface area contributed by atoms with E-state index in [4.69, 9.17) is 23.2 Å². The normalized spacial score (nSPS) is 20.3. The molecule has 2 aromatic rings. The van der Waals surface area contributed by atoms with E-state index in [2.05, 4.69) is 36.2 Å². The van der Waals surface area contributed by atoms with E-state index in [1.165, 1.54) is 4.52 Å². The van der Waals surface area contributed by atoms with Crippen molar-refractivity contribution in [2.45, 2.75) is 33.2 Å². The van der Waals surface area contributed by atoms with E-state index in [1.807, 2.05) is 0 Å². The molecule has 0 unspecified atom stereocenters. The zero-order chi connectivity index (χ0) is 19.8. The van der Waals surface area contributed by atoms with Gasteiger partial charge in [-0.25, -0.2) is 9.50 Å². The number of rotatable bonds is 4. The average molecular weight is 412 g/mol. The first kappa shape index (κ1) is 19.9. The number of nitrogens with one attached hydrogen (secondary N) is 1. The lowest BCUT2D eigenvalue weighted by molar-refractivity contribution is -0.119. The van der Waals surface area contributed by atoms with Gasteiger partial charge in [0.1, 0.15) is 10.9 Å². The average Bonchev–Trinajstić information content (AvgIpc) is 3.14. The van der Waals surface area contributed by atoms with Crippen molar-refractivity contribution in [1.82, 2.24) is 24.8 Å².